The number of halogens is 1. The van der Waals surface area contributed by atoms with Gasteiger partial charge in [-0.2, -0.15) is 0 Å². The summed E-state index contributed by atoms with van der Waals surface area (Å²) in [5, 5.41) is 0. The lowest BCUT2D eigenvalue weighted by molar-refractivity contribution is -0.126. The van der Waals surface area contributed by atoms with Crippen LogP contribution in [0.2, 0.25) is 0 Å². The maximum Gasteiger partial charge on any atom is 0.237 e. The van der Waals surface area contributed by atoms with E-state index in [4.69, 9.17) is 4.74 Å². The van der Waals surface area contributed by atoms with E-state index in [0.29, 0.717) is 0 Å². The van der Waals surface area contributed by atoms with Crippen LogP contribution in [-0.2, 0) is 4.79 Å². The molecule has 3 nitrogen and oxygen atoms in total. The molecule has 0 aliphatic carbocycles. The lowest BCUT2D eigenvalue weighted by Gasteiger charge is -2.47. The van der Waals surface area contributed by atoms with E-state index in [1.807, 2.05) is 83.8 Å². The van der Waals surface area contributed by atoms with Gasteiger partial charge < -0.3 is 9.64 Å². The molecule has 0 radical (unpaired) electrons. The molecule has 4 rings (SSSR count). The monoisotopic (exact) mass is 407 g/mol. The van der Waals surface area contributed by atoms with E-state index in [1.54, 1.807) is 7.11 Å². The number of nitrogens with zero attached hydrogens (tertiary/aromatic N) is 1. The van der Waals surface area contributed by atoms with Crippen LogP contribution in [-0.4, -0.2) is 13.0 Å². The Morgan fingerprint density at radius 3 is 2.12 bits per heavy atom. The van der Waals surface area contributed by atoms with Gasteiger partial charge >= 0.3 is 0 Å². The van der Waals surface area contributed by atoms with Crippen molar-refractivity contribution in [1.82, 2.24) is 0 Å². The minimum absolute atomic E-state index is 0.0306. The summed E-state index contributed by atoms with van der Waals surface area (Å²) in [6.07, 6.45) is 0. The second kappa shape index (κ2) is 6.96. The van der Waals surface area contributed by atoms with Crippen molar-refractivity contribution in [2.45, 2.75) is 12.0 Å². The third kappa shape index (κ3) is 2.90. The van der Waals surface area contributed by atoms with Gasteiger partial charge in [0, 0.05) is 10.2 Å². The molecule has 0 saturated carbocycles. The minimum atomic E-state index is -0.173. The predicted molar refractivity (Wildman–Crippen MR) is 107 cm³/mol. The van der Waals surface area contributed by atoms with Gasteiger partial charge in [0.15, 0.2) is 0 Å². The van der Waals surface area contributed by atoms with Crippen molar-refractivity contribution in [2.75, 3.05) is 12.0 Å². The topological polar surface area (TPSA) is 29.5 Å². The second-order valence-corrected chi connectivity index (χ2v) is 7.21. The molecule has 2 atom stereocenters. The fraction of sp³-hybridized carbons (Fsp3) is 0.136. The van der Waals surface area contributed by atoms with Crippen LogP contribution in [0.25, 0.3) is 0 Å². The van der Waals surface area contributed by atoms with Crippen LogP contribution in [0, 0.1) is 0 Å². The molecule has 1 heterocycles. The minimum Gasteiger partial charge on any atom is -0.497 e. The Hall–Kier alpha value is -2.59. The van der Waals surface area contributed by atoms with Gasteiger partial charge in [0.2, 0.25) is 5.91 Å². The molecule has 1 amide bonds. The van der Waals surface area contributed by atoms with E-state index in [-0.39, 0.29) is 17.9 Å². The van der Waals surface area contributed by atoms with Crippen molar-refractivity contribution in [3.05, 3.63) is 94.5 Å². The number of hydrogen-bond donors (Lipinski definition) is 0. The van der Waals surface area contributed by atoms with Crippen molar-refractivity contribution < 1.29 is 9.53 Å². The molecule has 0 bridgehead atoms. The summed E-state index contributed by atoms with van der Waals surface area (Å²) in [4.78, 5) is 14.9. The summed E-state index contributed by atoms with van der Waals surface area (Å²) >= 11 is 3.46. The molecule has 0 N–H and O–H groups in total. The van der Waals surface area contributed by atoms with Crippen molar-refractivity contribution >= 4 is 27.5 Å². The fourth-order valence-corrected chi connectivity index (χ4v) is 3.77. The van der Waals surface area contributed by atoms with Crippen molar-refractivity contribution in [3.8, 4) is 5.75 Å². The Bertz CT molecular complexity index is 907. The SMILES string of the molecule is COc1ccc(C2C(c3ccccc3)C(=O)N2c2ccc(Br)cc2)cc1. The largest absolute Gasteiger partial charge is 0.497 e. The Labute approximate surface area is 161 Å². The first kappa shape index (κ1) is 16.9. The van der Waals surface area contributed by atoms with Gasteiger partial charge in [-0.25, -0.2) is 0 Å². The van der Waals surface area contributed by atoms with Crippen molar-refractivity contribution in [2.24, 2.45) is 0 Å². The molecule has 0 spiro atoms. The summed E-state index contributed by atoms with van der Waals surface area (Å²) in [7, 11) is 1.66. The van der Waals surface area contributed by atoms with Crippen LogP contribution >= 0.6 is 15.9 Å². The Kier molecular flexibility index (Phi) is 4.51. The predicted octanol–water partition coefficient (Wildman–Crippen LogP) is 5.33. The van der Waals surface area contributed by atoms with E-state index in [0.717, 1.165) is 27.0 Å². The molecule has 2 unspecified atom stereocenters. The van der Waals surface area contributed by atoms with Crippen molar-refractivity contribution in [3.63, 3.8) is 0 Å². The second-order valence-electron chi connectivity index (χ2n) is 6.29. The number of methoxy groups -OCH3 is 1. The number of hydrogen-bond acceptors (Lipinski definition) is 2. The first-order chi connectivity index (χ1) is 12.7. The van der Waals surface area contributed by atoms with E-state index in [1.165, 1.54) is 0 Å². The number of carbonyl (C=O) groups is 1. The molecule has 130 valence electrons. The molecule has 1 aliphatic heterocycles. The molecule has 3 aromatic rings. The highest BCUT2D eigenvalue weighted by Gasteiger charge is 2.49. The average molecular weight is 408 g/mol. The highest BCUT2D eigenvalue weighted by molar-refractivity contribution is 9.10. The first-order valence-corrected chi connectivity index (χ1v) is 9.26. The molecule has 1 fully saturated rings. The smallest absolute Gasteiger partial charge is 0.237 e. The highest BCUT2D eigenvalue weighted by atomic mass is 79.9. The average Bonchev–Trinajstić information content (AvgIpc) is 2.69. The zero-order valence-electron chi connectivity index (χ0n) is 14.3. The zero-order chi connectivity index (χ0) is 18.1. The maximum atomic E-state index is 13.0. The Morgan fingerprint density at radius 1 is 0.846 bits per heavy atom. The van der Waals surface area contributed by atoms with Crippen LogP contribution in [0.4, 0.5) is 5.69 Å². The van der Waals surface area contributed by atoms with Crippen LogP contribution in [0.5, 0.6) is 5.75 Å². The molecule has 26 heavy (non-hydrogen) atoms. The quantitative estimate of drug-likeness (QED) is 0.547. The Morgan fingerprint density at radius 2 is 1.50 bits per heavy atom. The van der Waals surface area contributed by atoms with Gasteiger partial charge in [0.25, 0.3) is 0 Å². The standard InChI is InChI=1S/C22H18BrNO2/c1-26-19-13-7-16(8-14-19)21-20(15-5-3-2-4-6-15)22(25)24(21)18-11-9-17(23)10-12-18/h2-14,20-21H,1H3. The molecule has 0 aromatic heterocycles. The van der Waals surface area contributed by atoms with Crippen molar-refractivity contribution in [1.29, 1.82) is 0 Å². The first-order valence-electron chi connectivity index (χ1n) is 8.46. The third-order valence-corrected chi connectivity index (χ3v) is 5.35. The molecular weight excluding hydrogens is 390 g/mol. The number of β-lactam (4-membered cyclic amide) rings is 1. The summed E-state index contributed by atoms with van der Waals surface area (Å²) in [6, 6.07) is 25.8. The van der Waals surface area contributed by atoms with E-state index in [2.05, 4.69) is 15.9 Å². The number of ether oxygens (including phenoxy) is 1. The highest BCUT2D eigenvalue weighted by Crippen LogP contribution is 2.49. The molecule has 3 aromatic carbocycles. The normalized spacial score (nSPS) is 19.2. The number of benzene rings is 3. The number of rotatable bonds is 4. The zero-order valence-corrected chi connectivity index (χ0v) is 15.9. The third-order valence-electron chi connectivity index (χ3n) is 4.82. The maximum absolute atomic E-state index is 13.0. The number of anilines is 1. The van der Waals surface area contributed by atoms with Gasteiger partial charge in [-0.1, -0.05) is 58.4 Å². The summed E-state index contributed by atoms with van der Waals surface area (Å²) in [5.41, 5.74) is 3.06. The van der Waals surface area contributed by atoms with Crippen LogP contribution in [0.1, 0.15) is 23.1 Å². The lowest BCUT2D eigenvalue weighted by Crippen LogP contribution is -2.53. The lowest BCUT2D eigenvalue weighted by atomic mass is 9.77. The molecule has 4 heteroatoms. The van der Waals surface area contributed by atoms with Crippen LogP contribution in [0.15, 0.2) is 83.3 Å². The van der Waals surface area contributed by atoms with Crippen LogP contribution in [0.3, 0.4) is 0 Å². The van der Waals surface area contributed by atoms with Gasteiger partial charge in [0.05, 0.1) is 19.1 Å². The van der Waals surface area contributed by atoms with Crippen LogP contribution < -0.4 is 9.64 Å². The number of carbonyl (C=O) groups excluding carboxylic acids is 1. The van der Waals surface area contributed by atoms with Gasteiger partial charge in [-0.15, -0.1) is 0 Å². The van der Waals surface area contributed by atoms with Gasteiger partial charge in [0.1, 0.15) is 5.75 Å². The number of amides is 1. The Balaban J connectivity index is 1.75. The van der Waals surface area contributed by atoms with Gasteiger partial charge in [-0.3, -0.25) is 4.79 Å². The summed E-state index contributed by atoms with van der Waals surface area (Å²) in [5.74, 6) is 0.762. The van der Waals surface area contributed by atoms with E-state index >= 15 is 0 Å². The molecule has 1 saturated heterocycles. The molecule has 1 aliphatic rings. The van der Waals surface area contributed by atoms with E-state index in [9.17, 15) is 4.79 Å². The fourth-order valence-electron chi connectivity index (χ4n) is 3.51. The van der Waals surface area contributed by atoms with Gasteiger partial charge in [-0.05, 0) is 47.5 Å². The summed E-state index contributed by atoms with van der Waals surface area (Å²) < 4.78 is 6.27. The molecular formula is C22H18BrNO2. The summed E-state index contributed by atoms with van der Waals surface area (Å²) in [6.45, 7) is 0. The van der Waals surface area contributed by atoms with E-state index < -0.39 is 0 Å².